The van der Waals surface area contributed by atoms with Crippen LogP contribution in [0.4, 0.5) is 17.6 Å². The van der Waals surface area contributed by atoms with Crippen molar-refractivity contribution < 1.29 is 9.47 Å². The first-order valence-corrected chi connectivity index (χ1v) is 10.2. The Hall–Kier alpha value is -2.38. The van der Waals surface area contributed by atoms with Gasteiger partial charge in [0.05, 0.1) is 26.4 Å². The standard InChI is InChI=1S/C21H27N5O2/c1-2-4-18-16-26(6-5-17(18)3-1)20-15-19(24-7-11-27-12-8-24)22-21(23-20)25-9-13-28-14-10-25/h1-4,15H,5-14,16H2. The number of nitrogens with zero attached hydrogens (tertiary/aromatic N) is 5. The van der Waals surface area contributed by atoms with E-state index >= 15 is 0 Å². The fourth-order valence-electron chi connectivity index (χ4n) is 4.12. The van der Waals surface area contributed by atoms with Crippen LogP contribution in [-0.4, -0.2) is 69.1 Å². The van der Waals surface area contributed by atoms with E-state index in [-0.39, 0.29) is 0 Å². The highest BCUT2D eigenvalue weighted by Crippen LogP contribution is 2.28. The van der Waals surface area contributed by atoms with Crippen molar-refractivity contribution in [2.75, 3.05) is 73.9 Å². The van der Waals surface area contributed by atoms with Gasteiger partial charge in [-0.3, -0.25) is 0 Å². The van der Waals surface area contributed by atoms with Crippen LogP contribution in [0.25, 0.3) is 0 Å². The van der Waals surface area contributed by atoms with E-state index in [1.165, 1.54) is 11.1 Å². The zero-order chi connectivity index (χ0) is 18.8. The Labute approximate surface area is 165 Å². The second-order valence-corrected chi connectivity index (χ2v) is 7.52. The Morgan fingerprint density at radius 2 is 1.29 bits per heavy atom. The van der Waals surface area contributed by atoms with Gasteiger partial charge in [0.2, 0.25) is 5.95 Å². The minimum Gasteiger partial charge on any atom is -0.378 e. The van der Waals surface area contributed by atoms with Crippen LogP contribution in [-0.2, 0) is 22.4 Å². The van der Waals surface area contributed by atoms with Crippen LogP contribution in [0.1, 0.15) is 11.1 Å². The molecule has 0 radical (unpaired) electrons. The maximum absolute atomic E-state index is 5.53. The molecule has 0 N–H and O–H groups in total. The molecule has 0 saturated carbocycles. The molecule has 0 unspecified atom stereocenters. The summed E-state index contributed by atoms with van der Waals surface area (Å²) in [4.78, 5) is 16.8. The van der Waals surface area contributed by atoms with Crippen LogP contribution in [0.15, 0.2) is 30.3 Å². The van der Waals surface area contributed by atoms with Crippen LogP contribution >= 0.6 is 0 Å². The number of ether oxygens (including phenoxy) is 2. The van der Waals surface area contributed by atoms with Crippen molar-refractivity contribution in [3.63, 3.8) is 0 Å². The minimum absolute atomic E-state index is 0.734. The van der Waals surface area contributed by atoms with Gasteiger partial charge in [0, 0.05) is 45.3 Å². The van der Waals surface area contributed by atoms with Crippen molar-refractivity contribution >= 4 is 17.6 Å². The molecule has 1 aromatic carbocycles. The molecule has 0 bridgehead atoms. The van der Waals surface area contributed by atoms with E-state index in [0.717, 1.165) is 89.7 Å². The third-order valence-electron chi connectivity index (χ3n) is 5.77. The van der Waals surface area contributed by atoms with Gasteiger partial charge in [-0.1, -0.05) is 24.3 Å². The van der Waals surface area contributed by atoms with Gasteiger partial charge in [-0.05, 0) is 17.5 Å². The van der Waals surface area contributed by atoms with Gasteiger partial charge < -0.3 is 24.2 Å². The normalized spacial score (nSPS) is 20.2. The van der Waals surface area contributed by atoms with E-state index in [2.05, 4.69) is 45.0 Å². The molecule has 7 nitrogen and oxygen atoms in total. The molecule has 0 atom stereocenters. The van der Waals surface area contributed by atoms with Crippen molar-refractivity contribution in [2.45, 2.75) is 13.0 Å². The van der Waals surface area contributed by atoms with Crippen molar-refractivity contribution in [2.24, 2.45) is 0 Å². The monoisotopic (exact) mass is 381 g/mol. The summed E-state index contributed by atoms with van der Waals surface area (Å²) >= 11 is 0. The van der Waals surface area contributed by atoms with Gasteiger partial charge in [-0.15, -0.1) is 0 Å². The van der Waals surface area contributed by atoms with Gasteiger partial charge in [-0.25, -0.2) is 0 Å². The second-order valence-electron chi connectivity index (χ2n) is 7.52. The van der Waals surface area contributed by atoms with Gasteiger partial charge in [0.25, 0.3) is 0 Å². The van der Waals surface area contributed by atoms with Crippen LogP contribution < -0.4 is 14.7 Å². The van der Waals surface area contributed by atoms with Crippen molar-refractivity contribution in [3.8, 4) is 0 Å². The molecule has 3 aliphatic heterocycles. The maximum atomic E-state index is 5.53. The highest BCUT2D eigenvalue weighted by Gasteiger charge is 2.23. The molecule has 1 aromatic heterocycles. The lowest BCUT2D eigenvalue weighted by Crippen LogP contribution is -2.40. The summed E-state index contributed by atoms with van der Waals surface area (Å²) < 4.78 is 11.0. The summed E-state index contributed by atoms with van der Waals surface area (Å²) in [6, 6.07) is 10.9. The summed E-state index contributed by atoms with van der Waals surface area (Å²) in [6.07, 6.45) is 1.06. The lowest BCUT2D eigenvalue weighted by Gasteiger charge is -2.34. The molecule has 4 heterocycles. The Kier molecular flexibility index (Phi) is 5.01. The van der Waals surface area contributed by atoms with E-state index in [0.29, 0.717) is 0 Å². The first-order chi connectivity index (χ1) is 13.9. The molecule has 2 fully saturated rings. The summed E-state index contributed by atoms with van der Waals surface area (Å²) in [5, 5.41) is 0. The Morgan fingerprint density at radius 1 is 0.679 bits per heavy atom. The quantitative estimate of drug-likeness (QED) is 0.802. The molecule has 28 heavy (non-hydrogen) atoms. The number of rotatable bonds is 3. The Balaban J connectivity index is 1.47. The summed E-state index contributed by atoms with van der Waals surface area (Å²) in [5.74, 6) is 2.85. The van der Waals surface area contributed by atoms with Crippen LogP contribution in [0.2, 0.25) is 0 Å². The van der Waals surface area contributed by atoms with Gasteiger partial charge >= 0.3 is 0 Å². The topological polar surface area (TPSA) is 54.0 Å². The van der Waals surface area contributed by atoms with Gasteiger partial charge in [-0.2, -0.15) is 9.97 Å². The smallest absolute Gasteiger partial charge is 0.229 e. The molecule has 0 aliphatic carbocycles. The predicted molar refractivity (Wildman–Crippen MR) is 109 cm³/mol. The van der Waals surface area contributed by atoms with E-state index in [4.69, 9.17) is 19.4 Å². The van der Waals surface area contributed by atoms with Crippen LogP contribution in [0.3, 0.4) is 0 Å². The highest BCUT2D eigenvalue weighted by atomic mass is 16.5. The molecule has 2 saturated heterocycles. The number of benzene rings is 1. The summed E-state index contributed by atoms with van der Waals surface area (Å²) in [7, 11) is 0. The number of aromatic nitrogens is 2. The number of morpholine rings is 2. The minimum atomic E-state index is 0.734. The molecular formula is C21H27N5O2. The lowest BCUT2D eigenvalue weighted by molar-refractivity contribution is 0.121. The largest absolute Gasteiger partial charge is 0.378 e. The fourth-order valence-corrected chi connectivity index (χ4v) is 4.12. The average molecular weight is 381 g/mol. The van der Waals surface area contributed by atoms with Crippen molar-refractivity contribution in [1.82, 2.24) is 9.97 Å². The Morgan fingerprint density at radius 3 is 2.00 bits per heavy atom. The molecule has 5 rings (SSSR count). The SMILES string of the molecule is c1ccc2c(c1)CCN(c1cc(N3CCOCC3)nc(N3CCOCC3)n1)C2. The zero-order valence-electron chi connectivity index (χ0n) is 16.2. The predicted octanol–water partition coefficient (Wildman–Crippen LogP) is 1.71. The van der Waals surface area contributed by atoms with Crippen LogP contribution in [0.5, 0.6) is 0 Å². The molecule has 2 aromatic rings. The number of fused-ring (bicyclic) bond motifs is 1. The van der Waals surface area contributed by atoms with E-state index in [9.17, 15) is 0 Å². The second kappa shape index (κ2) is 7.93. The maximum Gasteiger partial charge on any atom is 0.229 e. The van der Waals surface area contributed by atoms with Gasteiger partial charge in [0.15, 0.2) is 0 Å². The van der Waals surface area contributed by atoms with Crippen molar-refractivity contribution in [1.29, 1.82) is 0 Å². The molecule has 0 spiro atoms. The lowest BCUT2D eigenvalue weighted by atomic mass is 10.00. The first-order valence-electron chi connectivity index (χ1n) is 10.2. The highest BCUT2D eigenvalue weighted by molar-refractivity contribution is 5.57. The molecule has 7 heteroatoms. The van der Waals surface area contributed by atoms with Crippen LogP contribution in [0, 0.1) is 0 Å². The third-order valence-corrected chi connectivity index (χ3v) is 5.77. The van der Waals surface area contributed by atoms with E-state index in [1.54, 1.807) is 0 Å². The molecule has 0 amide bonds. The number of hydrogen-bond donors (Lipinski definition) is 0. The molecule has 148 valence electrons. The summed E-state index contributed by atoms with van der Waals surface area (Å²) in [6.45, 7) is 8.30. The number of hydrogen-bond acceptors (Lipinski definition) is 7. The molecule has 3 aliphatic rings. The average Bonchev–Trinajstić information content (AvgIpc) is 2.79. The summed E-state index contributed by atoms with van der Waals surface area (Å²) in [5.41, 5.74) is 2.85. The first kappa shape index (κ1) is 17.7. The fraction of sp³-hybridized carbons (Fsp3) is 0.524. The third kappa shape index (κ3) is 3.64. The van der Waals surface area contributed by atoms with E-state index in [1.807, 2.05) is 0 Å². The zero-order valence-corrected chi connectivity index (χ0v) is 16.2. The number of anilines is 3. The van der Waals surface area contributed by atoms with E-state index < -0.39 is 0 Å². The van der Waals surface area contributed by atoms with Gasteiger partial charge in [0.1, 0.15) is 11.6 Å². The van der Waals surface area contributed by atoms with Crippen molar-refractivity contribution in [3.05, 3.63) is 41.5 Å². The molecular weight excluding hydrogens is 354 g/mol. The Bertz CT molecular complexity index is 782.